The van der Waals surface area contributed by atoms with Crippen LogP contribution < -0.4 is 10.1 Å². The highest BCUT2D eigenvalue weighted by Crippen LogP contribution is 2.29. The Morgan fingerprint density at radius 1 is 1.06 bits per heavy atom. The SMILES string of the molecule is Cc1cnc(Nc2cc(C)c(OCCN3CCCC3)c(C)c2)nc1-n1ccc(CN2CC(O)C2)c1. The normalized spacial score (nSPS) is 17.0. The predicted octanol–water partition coefficient (Wildman–Crippen LogP) is 3.59. The summed E-state index contributed by atoms with van der Waals surface area (Å²) < 4.78 is 8.20. The Labute approximate surface area is 207 Å². The van der Waals surface area contributed by atoms with Crippen molar-refractivity contribution in [2.24, 2.45) is 0 Å². The van der Waals surface area contributed by atoms with E-state index in [1.165, 1.54) is 31.5 Å². The van der Waals surface area contributed by atoms with Crippen LogP contribution in [0, 0.1) is 20.8 Å². The molecule has 186 valence electrons. The number of anilines is 2. The summed E-state index contributed by atoms with van der Waals surface area (Å²) in [6, 6.07) is 6.29. The fraction of sp³-hybridized carbons (Fsp3) is 0.481. The molecule has 3 aromatic rings. The van der Waals surface area contributed by atoms with E-state index in [0.717, 1.165) is 66.7 Å². The molecule has 8 heteroatoms. The Balaban J connectivity index is 1.25. The van der Waals surface area contributed by atoms with E-state index >= 15 is 0 Å². The van der Waals surface area contributed by atoms with E-state index in [1.807, 2.05) is 23.9 Å². The molecule has 0 radical (unpaired) electrons. The lowest BCUT2D eigenvalue weighted by Gasteiger charge is -2.35. The van der Waals surface area contributed by atoms with Crippen LogP contribution in [0.1, 0.15) is 35.1 Å². The van der Waals surface area contributed by atoms with Gasteiger partial charge in [0.15, 0.2) is 0 Å². The number of β-amino-alcohol motifs (C(OH)–C–C–N with tert-alkyl or cyclic N) is 1. The van der Waals surface area contributed by atoms with Gasteiger partial charge in [0.1, 0.15) is 18.2 Å². The molecule has 2 saturated heterocycles. The monoisotopic (exact) mass is 476 g/mol. The smallest absolute Gasteiger partial charge is 0.229 e. The Kier molecular flexibility index (Phi) is 7.04. The highest BCUT2D eigenvalue weighted by molar-refractivity contribution is 5.60. The van der Waals surface area contributed by atoms with Crippen molar-refractivity contribution in [3.63, 3.8) is 0 Å². The van der Waals surface area contributed by atoms with Gasteiger partial charge in [-0.15, -0.1) is 0 Å². The summed E-state index contributed by atoms with van der Waals surface area (Å²) in [5.41, 5.74) is 5.37. The minimum atomic E-state index is -0.183. The number of aliphatic hydroxyl groups is 1. The minimum absolute atomic E-state index is 0.183. The van der Waals surface area contributed by atoms with Crippen LogP contribution in [0.3, 0.4) is 0 Å². The van der Waals surface area contributed by atoms with E-state index in [1.54, 1.807) is 0 Å². The third-order valence-corrected chi connectivity index (χ3v) is 6.86. The van der Waals surface area contributed by atoms with Crippen LogP contribution >= 0.6 is 0 Å². The second-order valence-electron chi connectivity index (χ2n) is 9.94. The summed E-state index contributed by atoms with van der Waals surface area (Å²) in [7, 11) is 0. The van der Waals surface area contributed by atoms with Crippen LogP contribution in [0.5, 0.6) is 5.75 Å². The Morgan fingerprint density at radius 2 is 1.80 bits per heavy atom. The first-order valence-electron chi connectivity index (χ1n) is 12.6. The van der Waals surface area contributed by atoms with Crippen LogP contribution in [0.4, 0.5) is 11.6 Å². The molecule has 2 fully saturated rings. The summed E-state index contributed by atoms with van der Waals surface area (Å²) in [6.45, 7) is 12.6. The van der Waals surface area contributed by atoms with Gasteiger partial charge in [0.05, 0.1) is 6.10 Å². The molecule has 2 aromatic heterocycles. The second kappa shape index (κ2) is 10.4. The van der Waals surface area contributed by atoms with Crippen molar-refractivity contribution < 1.29 is 9.84 Å². The number of aryl methyl sites for hydroxylation is 3. The van der Waals surface area contributed by atoms with E-state index in [-0.39, 0.29) is 6.10 Å². The molecule has 8 nitrogen and oxygen atoms in total. The van der Waals surface area contributed by atoms with Crippen molar-refractivity contribution in [2.45, 2.75) is 46.3 Å². The van der Waals surface area contributed by atoms with Gasteiger partial charge in [0.2, 0.25) is 5.95 Å². The van der Waals surface area contributed by atoms with Gasteiger partial charge in [-0.1, -0.05) is 0 Å². The molecule has 2 N–H and O–H groups in total. The first-order valence-corrected chi connectivity index (χ1v) is 12.6. The van der Waals surface area contributed by atoms with Gasteiger partial charge in [-0.3, -0.25) is 9.80 Å². The molecule has 0 amide bonds. The first-order chi connectivity index (χ1) is 16.9. The second-order valence-corrected chi connectivity index (χ2v) is 9.94. The van der Waals surface area contributed by atoms with Crippen molar-refractivity contribution in [1.82, 2.24) is 24.3 Å². The van der Waals surface area contributed by atoms with Gasteiger partial charge in [-0.2, -0.15) is 4.98 Å². The zero-order chi connectivity index (χ0) is 24.4. The molecule has 0 saturated carbocycles. The maximum atomic E-state index is 9.52. The number of aliphatic hydroxyl groups excluding tert-OH is 1. The molecule has 0 aliphatic carbocycles. The van der Waals surface area contributed by atoms with Gasteiger partial charge in [0.25, 0.3) is 0 Å². The average molecular weight is 477 g/mol. The number of ether oxygens (including phenoxy) is 1. The van der Waals surface area contributed by atoms with Gasteiger partial charge in [-0.05, 0) is 81.6 Å². The molecule has 0 atom stereocenters. The third kappa shape index (κ3) is 5.66. The maximum absolute atomic E-state index is 9.52. The predicted molar refractivity (Wildman–Crippen MR) is 138 cm³/mol. The molecule has 35 heavy (non-hydrogen) atoms. The molecule has 0 bridgehead atoms. The zero-order valence-corrected chi connectivity index (χ0v) is 21.0. The minimum Gasteiger partial charge on any atom is -0.492 e. The van der Waals surface area contributed by atoms with Crippen LogP contribution in [-0.4, -0.2) is 74.9 Å². The molecule has 2 aliphatic heterocycles. The van der Waals surface area contributed by atoms with Crippen LogP contribution in [0.25, 0.3) is 5.82 Å². The lowest BCUT2D eigenvalue weighted by molar-refractivity contribution is -0.00285. The third-order valence-electron chi connectivity index (χ3n) is 6.86. The van der Waals surface area contributed by atoms with Crippen molar-refractivity contribution in [3.8, 4) is 11.6 Å². The number of hydrogen-bond acceptors (Lipinski definition) is 7. The van der Waals surface area contributed by atoms with Crippen LogP contribution in [0.15, 0.2) is 36.8 Å². The Hall–Kier alpha value is -2.94. The molecule has 5 rings (SSSR count). The van der Waals surface area contributed by atoms with E-state index in [0.29, 0.717) is 5.95 Å². The van der Waals surface area contributed by atoms with Crippen molar-refractivity contribution >= 4 is 11.6 Å². The highest BCUT2D eigenvalue weighted by atomic mass is 16.5. The van der Waals surface area contributed by atoms with E-state index in [9.17, 15) is 5.11 Å². The lowest BCUT2D eigenvalue weighted by atomic mass is 10.1. The van der Waals surface area contributed by atoms with Crippen molar-refractivity contribution in [3.05, 3.63) is 59.0 Å². The molecule has 2 aliphatic rings. The van der Waals surface area contributed by atoms with E-state index in [2.05, 4.69) is 58.3 Å². The van der Waals surface area contributed by atoms with E-state index in [4.69, 9.17) is 9.72 Å². The highest BCUT2D eigenvalue weighted by Gasteiger charge is 2.24. The lowest BCUT2D eigenvalue weighted by Crippen LogP contribution is -2.49. The van der Waals surface area contributed by atoms with Gasteiger partial charge < -0.3 is 19.7 Å². The molecular weight excluding hydrogens is 440 g/mol. The number of likely N-dealkylation sites (tertiary alicyclic amines) is 2. The number of aromatic nitrogens is 3. The van der Waals surface area contributed by atoms with Gasteiger partial charge in [-0.25, -0.2) is 4.98 Å². The topological polar surface area (TPSA) is 78.7 Å². The molecule has 1 aromatic carbocycles. The Bertz CT molecular complexity index is 1140. The summed E-state index contributed by atoms with van der Waals surface area (Å²) in [4.78, 5) is 14.0. The van der Waals surface area contributed by atoms with Crippen molar-refractivity contribution in [2.75, 3.05) is 44.6 Å². The Morgan fingerprint density at radius 3 is 2.51 bits per heavy atom. The summed E-state index contributed by atoms with van der Waals surface area (Å²) in [6.07, 6.45) is 8.41. The fourth-order valence-electron chi connectivity index (χ4n) is 5.01. The maximum Gasteiger partial charge on any atom is 0.229 e. The average Bonchev–Trinajstić information content (AvgIpc) is 3.48. The molecule has 4 heterocycles. The summed E-state index contributed by atoms with van der Waals surface area (Å²) in [5, 5.41) is 12.9. The van der Waals surface area contributed by atoms with Crippen LogP contribution in [0.2, 0.25) is 0 Å². The number of nitrogens with zero attached hydrogens (tertiary/aromatic N) is 5. The number of hydrogen-bond donors (Lipinski definition) is 2. The number of rotatable bonds is 9. The number of benzene rings is 1. The summed E-state index contributed by atoms with van der Waals surface area (Å²) in [5.74, 6) is 2.38. The first kappa shape index (κ1) is 23.8. The standard InChI is InChI=1S/C27H36N6O2/c1-19-12-23(13-20(2)25(19)35-11-10-31-7-4-5-8-31)29-27-28-14-21(3)26(30-27)33-9-6-22(16-33)15-32-17-24(34)18-32/h6,9,12-14,16,24,34H,4-5,7-8,10-11,15,17-18H2,1-3H3,(H,28,29,30). The zero-order valence-electron chi connectivity index (χ0n) is 21.0. The molecular formula is C27H36N6O2. The van der Waals surface area contributed by atoms with Crippen LogP contribution in [-0.2, 0) is 6.54 Å². The largest absolute Gasteiger partial charge is 0.492 e. The van der Waals surface area contributed by atoms with Gasteiger partial charge in [0, 0.05) is 56.0 Å². The van der Waals surface area contributed by atoms with E-state index < -0.39 is 0 Å². The number of nitrogens with one attached hydrogen (secondary N) is 1. The quantitative estimate of drug-likeness (QED) is 0.489. The molecule has 0 unspecified atom stereocenters. The fourth-order valence-corrected chi connectivity index (χ4v) is 5.01. The van der Waals surface area contributed by atoms with Gasteiger partial charge >= 0.3 is 0 Å². The molecule has 0 spiro atoms. The van der Waals surface area contributed by atoms with Crippen molar-refractivity contribution in [1.29, 1.82) is 0 Å². The summed E-state index contributed by atoms with van der Waals surface area (Å²) >= 11 is 0.